The molecule has 0 bridgehead atoms. The van der Waals surface area contributed by atoms with E-state index in [2.05, 4.69) is 5.32 Å². The van der Waals surface area contributed by atoms with Crippen LogP contribution in [-0.4, -0.2) is 31.6 Å². The van der Waals surface area contributed by atoms with Crippen LogP contribution in [0.15, 0.2) is 36.4 Å². The minimum Gasteiger partial charge on any atom is -0.486 e. The third kappa shape index (κ3) is 3.87. The normalized spacial score (nSPS) is 19.2. The van der Waals surface area contributed by atoms with Gasteiger partial charge in [-0.2, -0.15) is 0 Å². The number of halogens is 2. The molecule has 0 saturated carbocycles. The lowest BCUT2D eigenvalue weighted by molar-refractivity contribution is -0.126. The molecule has 4 rings (SSSR count). The zero-order valence-corrected chi connectivity index (χ0v) is 15.8. The zero-order valence-electron chi connectivity index (χ0n) is 15.8. The summed E-state index contributed by atoms with van der Waals surface area (Å²) in [5.74, 6) is -1.32. The minimum atomic E-state index is -0.724. The van der Waals surface area contributed by atoms with E-state index in [9.17, 15) is 18.4 Å². The molecule has 2 aromatic carbocycles. The molecule has 29 heavy (non-hydrogen) atoms. The molecular weight excluding hydrogens is 382 g/mol. The summed E-state index contributed by atoms with van der Waals surface area (Å²) in [7, 11) is 0. The Morgan fingerprint density at radius 3 is 2.66 bits per heavy atom. The van der Waals surface area contributed by atoms with Gasteiger partial charge in [0.15, 0.2) is 11.5 Å². The number of nitrogens with one attached hydrogen (secondary N) is 1. The van der Waals surface area contributed by atoms with Crippen LogP contribution in [0.25, 0.3) is 0 Å². The van der Waals surface area contributed by atoms with Crippen LogP contribution in [0.4, 0.5) is 14.5 Å². The highest BCUT2D eigenvalue weighted by Crippen LogP contribution is 2.36. The Balaban J connectivity index is 1.44. The van der Waals surface area contributed by atoms with E-state index in [4.69, 9.17) is 9.47 Å². The van der Waals surface area contributed by atoms with Crippen LogP contribution in [0, 0.1) is 17.6 Å². The lowest BCUT2D eigenvalue weighted by Gasteiger charge is -2.22. The van der Waals surface area contributed by atoms with Gasteiger partial charge in [-0.15, -0.1) is 0 Å². The zero-order chi connectivity index (χ0) is 20.5. The Labute approximate surface area is 166 Å². The van der Waals surface area contributed by atoms with Crippen molar-refractivity contribution in [2.24, 2.45) is 5.92 Å². The summed E-state index contributed by atoms with van der Waals surface area (Å²) < 4.78 is 38.1. The highest BCUT2D eigenvalue weighted by Gasteiger charge is 2.36. The summed E-state index contributed by atoms with van der Waals surface area (Å²) in [5, 5.41) is 2.72. The molecule has 1 saturated heterocycles. The molecule has 1 fully saturated rings. The number of hydrogen-bond acceptors (Lipinski definition) is 4. The van der Waals surface area contributed by atoms with Gasteiger partial charge in [-0.05, 0) is 25.1 Å². The highest BCUT2D eigenvalue weighted by atomic mass is 19.1. The molecule has 1 N–H and O–H groups in total. The van der Waals surface area contributed by atoms with Crippen molar-refractivity contribution in [2.75, 3.05) is 24.7 Å². The summed E-state index contributed by atoms with van der Waals surface area (Å²) in [5.41, 5.74) is 0.819. The summed E-state index contributed by atoms with van der Waals surface area (Å²) in [6.45, 7) is 2.74. The average Bonchev–Trinajstić information content (AvgIpc) is 3.09. The summed E-state index contributed by atoms with van der Waals surface area (Å²) in [4.78, 5) is 26.6. The second kappa shape index (κ2) is 7.69. The number of anilines is 1. The fourth-order valence-electron chi connectivity index (χ4n) is 3.59. The standard InChI is InChI=1S/C21H20F2N2O4/c1-12(16-4-2-14(22)9-17(16)23)24-21(27)13-8-20(26)25(11-13)15-3-5-18-19(10-15)29-7-6-28-18/h2-5,9-10,12-13H,6-8,11H2,1H3,(H,24,27). The van der Waals surface area contributed by atoms with Gasteiger partial charge in [0.2, 0.25) is 11.8 Å². The van der Waals surface area contributed by atoms with Crippen molar-refractivity contribution in [1.82, 2.24) is 5.32 Å². The van der Waals surface area contributed by atoms with Crippen molar-refractivity contribution in [3.8, 4) is 11.5 Å². The maximum atomic E-state index is 13.9. The molecule has 2 aromatic rings. The van der Waals surface area contributed by atoms with Gasteiger partial charge in [-0.1, -0.05) is 6.07 Å². The molecule has 2 unspecified atom stereocenters. The van der Waals surface area contributed by atoms with E-state index in [-0.39, 0.29) is 30.3 Å². The van der Waals surface area contributed by atoms with Crippen LogP contribution in [0.3, 0.4) is 0 Å². The van der Waals surface area contributed by atoms with E-state index in [1.165, 1.54) is 11.0 Å². The summed E-state index contributed by atoms with van der Waals surface area (Å²) in [6, 6.07) is 7.79. The molecule has 2 amide bonds. The minimum absolute atomic E-state index is 0.0545. The van der Waals surface area contributed by atoms with Crippen LogP contribution < -0.4 is 19.7 Å². The van der Waals surface area contributed by atoms with Gasteiger partial charge in [0.25, 0.3) is 0 Å². The van der Waals surface area contributed by atoms with Crippen molar-refractivity contribution in [3.63, 3.8) is 0 Å². The Hall–Kier alpha value is -3.16. The van der Waals surface area contributed by atoms with E-state index >= 15 is 0 Å². The second-order valence-corrected chi connectivity index (χ2v) is 7.13. The number of ether oxygens (including phenoxy) is 2. The first-order valence-corrected chi connectivity index (χ1v) is 9.37. The number of amides is 2. The lowest BCUT2D eigenvalue weighted by atomic mass is 10.0. The number of rotatable bonds is 4. The molecule has 0 aliphatic carbocycles. The Morgan fingerprint density at radius 2 is 1.90 bits per heavy atom. The Kier molecular flexibility index (Phi) is 5.08. The van der Waals surface area contributed by atoms with Crippen LogP contribution >= 0.6 is 0 Å². The van der Waals surface area contributed by atoms with Crippen LogP contribution in [0.5, 0.6) is 11.5 Å². The predicted molar refractivity (Wildman–Crippen MR) is 101 cm³/mol. The SMILES string of the molecule is CC(NC(=O)C1CC(=O)N(c2ccc3c(c2)OCCO3)C1)c1ccc(F)cc1F. The van der Waals surface area contributed by atoms with Crippen molar-refractivity contribution in [2.45, 2.75) is 19.4 Å². The lowest BCUT2D eigenvalue weighted by Crippen LogP contribution is -2.35. The first-order valence-electron chi connectivity index (χ1n) is 9.37. The first kappa shape index (κ1) is 19.2. The number of carbonyl (C=O) groups is 2. The molecule has 2 aliphatic rings. The molecule has 2 heterocycles. The predicted octanol–water partition coefficient (Wildman–Crippen LogP) is 2.97. The maximum absolute atomic E-state index is 13.9. The van der Waals surface area contributed by atoms with Gasteiger partial charge < -0.3 is 19.7 Å². The van der Waals surface area contributed by atoms with E-state index in [1.54, 1.807) is 25.1 Å². The number of carbonyl (C=O) groups excluding carboxylic acids is 2. The van der Waals surface area contributed by atoms with Gasteiger partial charge >= 0.3 is 0 Å². The summed E-state index contributed by atoms with van der Waals surface area (Å²) >= 11 is 0. The van der Waals surface area contributed by atoms with Crippen LogP contribution in [0.2, 0.25) is 0 Å². The molecule has 0 aromatic heterocycles. The largest absolute Gasteiger partial charge is 0.486 e. The van der Waals surface area contributed by atoms with Gasteiger partial charge in [0.1, 0.15) is 24.8 Å². The van der Waals surface area contributed by atoms with Crippen LogP contribution in [0.1, 0.15) is 24.9 Å². The fourth-order valence-corrected chi connectivity index (χ4v) is 3.59. The maximum Gasteiger partial charge on any atom is 0.227 e. The molecule has 6 nitrogen and oxygen atoms in total. The molecule has 152 valence electrons. The summed E-state index contributed by atoms with van der Waals surface area (Å²) in [6.07, 6.45) is 0.0545. The number of nitrogens with zero attached hydrogens (tertiary/aromatic N) is 1. The van der Waals surface area contributed by atoms with E-state index in [0.29, 0.717) is 30.4 Å². The third-order valence-electron chi connectivity index (χ3n) is 5.12. The number of hydrogen-bond donors (Lipinski definition) is 1. The molecule has 2 aliphatic heterocycles. The molecule has 0 spiro atoms. The first-order chi connectivity index (χ1) is 13.9. The van der Waals surface area contributed by atoms with Gasteiger partial charge in [-0.3, -0.25) is 9.59 Å². The van der Waals surface area contributed by atoms with Gasteiger partial charge in [0.05, 0.1) is 12.0 Å². The molecule has 2 atom stereocenters. The second-order valence-electron chi connectivity index (χ2n) is 7.13. The van der Waals surface area contributed by atoms with E-state index in [0.717, 1.165) is 12.1 Å². The third-order valence-corrected chi connectivity index (χ3v) is 5.12. The molecular formula is C21H20F2N2O4. The highest BCUT2D eigenvalue weighted by molar-refractivity contribution is 6.00. The topological polar surface area (TPSA) is 67.9 Å². The van der Waals surface area contributed by atoms with E-state index < -0.39 is 23.6 Å². The average molecular weight is 402 g/mol. The van der Waals surface area contributed by atoms with Gasteiger partial charge in [0, 0.05) is 36.3 Å². The van der Waals surface area contributed by atoms with Crippen molar-refractivity contribution in [1.29, 1.82) is 0 Å². The number of fused-ring (bicyclic) bond motifs is 1. The van der Waals surface area contributed by atoms with E-state index in [1.807, 2.05) is 0 Å². The van der Waals surface area contributed by atoms with Crippen molar-refractivity contribution in [3.05, 3.63) is 53.6 Å². The quantitative estimate of drug-likeness (QED) is 0.854. The smallest absolute Gasteiger partial charge is 0.227 e. The molecule has 0 radical (unpaired) electrons. The monoisotopic (exact) mass is 402 g/mol. The van der Waals surface area contributed by atoms with Gasteiger partial charge in [-0.25, -0.2) is 8.78 Å². The number of benzene rings is 2. The van der Waals surface area contributed by atoms with Crippen molar-refractivity contribution < 1.29 is 27.8 Å². The Bertz CT molecular complexity index is 966. The van der Waals surface area contributed by atoms with Crippen molar-refractivity contribution >= 4 is 17.5 Å². The Morgan fingerprint density at radius 1 is 1.14 bits per heavy atom. The molecule has 8 heteroatoms. The van der Waals surface area contributed by atoms with Crippen LogP contribution in [-0.2, 0) is 9.59 Å². The fraction of sp³-hybridized carbons (Fsp3) is 0.333.